The fourth-order valence-corrected chi connectivity index (χ4v) is 7.73. The van der Waals surface area contributed by atoms with Crippen molar-refractivity contribution < 1.29 is 21.6 Å². The lowest BCUT2D eigenvalue weighted by molar-refractivity contribution is -0.120. The van der Waals surface area contributed by atoms with Crippen LogP contribution in [0.25, 0.3) is 0 Å². The number of anilines is 1. The summed E-state index contributed by atoms with van der Waals surface area (Å²) >= 11 is 0. The quantitative estimate of drug-likeness (QED) is 0.609. The zero-order valence-electron chi connectivity index (χ0n) is 21.0. The summed E-state index contributed by atoms with van der Waals surface area (Å²) in [7, 11) is -5.30. The monoisotopic (exact) mass is 534 g/mol. The predicted octanol–water partition coefficient (Wildman–Crippen LogP) is 2.28. The van der Waals surface area contributed by atoms with Gasteiger partial charge in [-0.25, -0.2) is 16.8 Å². The molecule has 0 radical (unpaired) electrons. The molecule has 0 atom stereocenters. The van der Waals surface area contributed by atoms with Gasteiger partial charge in [-0.2, -0.15) is 8.61 Å². The Morgan fingerprint density at radius 3 is 2.00 bits per heavy atom. The van der Waals surface area contributed by atoms with E-state index in [4.69, 9.17) is 0 Å². The molecule has 0 spiro atoms. The molecule has 2 aliphatic rings. The Bertz CT molecular complexity index is 1310. The third kappa shape index (κ3) is 5.65. The van der Waals surface area contributed by atoms with Crippen molar-refractivity contribution in [3.63, 3.8) is 0 Å². The molecule has 1 N–H and O–H groups in total. The molecule has 2 saturated heterocycles. The smallest absolute Gasteiger partial charge is 0.243 e. The first-order valence-corrected chi connectivity index (χ1v) is 15.0. The van der Waals surface area contributed by atoms with Gasteiger partial charge in [0, 0.05) is 50.9 Å². The minimum atomic E-state index is -3.67. The van der Waals surface area contributed by atoms with Gasteiger partial charge in [0.2, 0.25) is 26.0 Å². The number of benzene rings is 2. The summed E-state index contributed by atoms with van der Waals surface area (Å²) < 4.78 is 55.3. The maximum Gasteiger partial charge on any atom is 0.243 e. The molecule has 4 rings (SSSR count). The van der Waals surface area contributed by atoms with E-state index in [1.165, 1.54) is 14.7 Å². The predicted molar refractivity (Wildman–Crippen MR) is 139 cm³/mol. The van der Waals surface area contributed by atoms with Crippen LogP contribution in [0.3, 0.4) is 0 Å². The van der Waals surface area contributed by atoms with E-state index in [9.17, 15) is 21.6 Å². The molecule has 0 aromatic heterocycles. The van der Waals surface area contributed by atoms with Crippen LogP contribution in [0.5, 0.6) is 0 Å². The van der Waals surface area contributed by atoms with E-state index in [-0.39, 0.29) is 34.7 Å². The number of nitrogens with zero attached hydrogens (tertiary/aromatic N) is 3. The normalized spacial score (nSPS) is 19.3. The van der Waals surface area contributed by atoms with Crippen LogP contribution < -0.4 is 5.32 Å². The maximum absolute atomic E-state index is 13.3. The van der Waals surface area contributed by atoms with Gasteiger partial charge in [-0.05, 0) is 63.6 Å². The zero-order valence-corrected chi connectivity index (χ0v) is 22.6. The highest BCUT2D eigenvalue weighted by Gasteiger charge is 2.33. The number of hydrogen-bond donors (Lipinski definition) is 1. The molecule has 2 aromatic rings. The van der Waals surface area contributed by atoms with Crippen LogP contribution in [-0.4, -0.2) is 82.6 Å². The summed E-state index contributed by atoms with van der Waals surface area (Å²) in [5.41, 5.74) is 2.04. The first-order valence-electron chi connectivity index (χ1n) is 12.2. The molecule has 11 heteroatoms. The van der Waals surface area contributed by atoms with Crippen molar-refractivity contribution in [3.05, 3.63) is 53.6 Å². The van der Waals surface area contributed by atoms with Crippen molar-refractivity contribution in [3.8, 4) is 0 Å². The SMILES string of the molecule is Cc1ccc(S(=O)(=O)N2CCC(C(=O)Nc3ccc(C)c(S(=O)(=O)N4CCN(C)CC4)c3)CC2)cc1. The molecule has 0 aliphatic carbocycles. The third-order valence-electron chi connectivity index (χ3n) is 7.02. The molecule has 2 fully saturated rings. The molecule has 0 saturated carbocycles. The Morgan fingerprint density at radius 1 is 0.806 bits per heavy atom. The van der Waals surface area contributed by atoms with Gasteiger partial charge >= 0.3 is 0 Å². The van der Waals surface area contributed by atoms with Crippen LogP contribution in [0.4, 0.5) is 5.69 Å². The van der Waals surface area contributed by atoms with E-state index in [2.05, 4.69) is 10.2 Å². The number of carbonyl (C=O) groups excluding carboxylic acids is 1. The number of piperidine rings is 1. The lowest BCUT2D eigenvalue weighted by Gasteiger charge is -2.32. The van der Waals surface area contributed by atoms with Crippen molar-refractivity contribution in [2.24, 2.45) is 5.92 Å². The molecular formula is C25H34N4O5S2. The van der Waals surface area contributed by atoms with Crippen LogP contribution in [0.2, 0.25) is 0 Å². The second-order valence-electron chi connectivity index (χ2n) is 9.67. The van der Waals surface area contributed by atoms with Crippen LogP contribution in [0.15, 0.2) is 52.3 Å². The number of hydrogen-bond acceptors (Lipinski definition) is 6. The van der Waals surface area contributed by atoms with Gasteiger partial charge in [-0.15, -0.1) is 0 Å². The van der Waals surface area contributed by atoms with E-state index in [1.807, 2.05) is 14.0 Å². The molecular weight excluding hydrogens is 500 g/mol. The minimum absolute atomic E-state index is 0.198. The fourth-order valence-electron chi connectivity index (χ4n) is 4.59. The lowest BCUT2D eigenvalue weighted by atomic mass is 9.97. The van der Waals surface area contributed by atoms with Gasteiger partial charge in [-0.3, -0.25) is 4.79 Å². The van der Waals surface area contributed by atoms with Crippen molar-refractivity contribution in [2.45, 2.75) is 36.5 Å². The Morgan fingerprint density at radius 2 is 1.39 bits per heavy atom. The number of carbonyl (C=O) groups is 1. The number of rotatable bonds is 6. The van der Waals surface area contributed by atoms with E-state index in [1.54, 1.807) is 43.3 Å². The topological polar surface area (TPSA) is 107 Å². The summed E-state index contributed by atoms with van der Waals surface area (Å²) in [6, 6.07) is 11.7. The van der Waals surface area contributed by atoms with Crippen molar-refractivity contribution in [1.29, 1.82) is 0 Å². The number of nitrogens with one attached hydrogen (secondary N) is 1. The molecule has 196 valence electrons. The van der Waals surface area contributed by atoms with Crippen molar-refractivity contribution >= 4 is 31.6 Å². The van der Waals surface area contributed by atoms with Crippen LogP contribution in [-0.2, 0) is 24.8 Å². The lowest BCUT2D eigenvalue weighted by Crippen LogP contribution is -2.47. The largest absolute Gasteiger partial charge is 0.326 e. The molecule has 0 unspecified atom stereocenters. The molecule has 2 aromatic carbocycles. The Kier molecular flexibility index (Phi) is 7.86. The zero-order chi connectivity index (χ0) is 26.1. The molecule has 9 nitrogen and oxygen atoms in total. The number of aryl methyl sites for hydroxylation is 2. The maximum atomic E-state index is 13.3. The van der Waals surface area contributed by atoms with E-state index < -0.39 is 20.0 Å². The van der Waals surface area contributed by atoms with Crippen molar-refractivity contribution in [2.75, 3.05) is 51.6 Å². The van der Waals surface area contributed by atoms with E-state index >= 15 is 0 Å². The third-order valence-corrected chi connectivity index (χ3v) is 11.0. The molecule has 1 amide bonds. The Labute approximate surface area is 214 Å². The number of amides is 1. The molecule has 0 bridgehead atoms. The first-order chi connectivity index (χ1) is 17.0. The van der Waals surface area contributed by atoms with Crippen molar-refractivity contribution in [1.82, 2.24) is 13.5 Å². The number of sulfonamides is 2. The van der Waals surface area contributed by atoms with E-state index in [0.717, 1.165) is 5.56 Å². The van der Waals surface area contributed by atoms with Gasteiger partial charge in [0.05, 0.1) is 9.79 Å². The van der Waals surface area contributed by atoms with Crippen LogP contribution in [0.1, 0.15) is 24.0 Å². The highest BCUT2D eigenvalue weighted by molar-refractivity contribution is 7.89. The summed E-state index contributed by atoms with van der Waals surface area (Å²) in [5, 5.41) is 2.85. The second kappa shape index (κ2) is 10.6. The van der Waals surface area contributed by atoms with Gasteiger partial charge in [0.15, 0.2) is 0 Å². The summed E-state index contributed by atoms with van der Waals surface area (Å²) in [4.78, 5) is 15.5. The van der Waals surface area contributed by atoms with Gasteiger partial charge in [0.25, 0.3) is 0 Å². The number of likely N-dealkylation sites (N-methyl/N-ethyl adjacent to an activating group) is 1. The van der Waals surface area contributed by atoms with Crippen LogP contribution >= 0.6 is 0 Å². The molecule has 2 heterocycles. The first kappa shape index (κ1) is 26.7. The summed E-state index contributed by atoms with van der Waals surface area (Å²) in [5.74, 6) is -0.581. The van der Waals surface area contributed by atoms with Gasteiger partial charge in [-0.1, -0.05) is 23.8 Å². The van der Waals surface area contributed by atoms with Gasteiger partial charge < -0.3 is 10.2 Å². The fraction of sp³-hybridized carbons (Fsp3) is 0.480. The Hall–Kier alpha value is -2.31. The molecule has 36 heavy (non-hydrogen) atoms. The minimum Gasteiger partial charge on any atom is -0.326 e. The highest BCUT2D eigenvalue weighted by Crippen LogP contribution is 2.27. The summed E-state index contributed by atoms with van der Waals surface area (Å²) in [6.45, 7) is 6.37. The van der Waals surface area contributed by atoms with Crippen LogP contribution in [0, 0.1) is 19.8 Å². The summed E-state index contributed by atoms with van der Waals surface area (Å²) in [6.07, 6.45) is 0.796. The van der Waals surface area contributed by atoms with Gasteiger partial charge in [0.1, 0.15) is 0 Å². The molecule has 2 aliphatic heterocycles. The second-order valence-corrected chi connectivity index (χ2v) is 13.5. The standard InChI is InChI=1S/C25H34N4O5S2/c1-19-4-8-23(9-5-19)35(31,32)28-12-10-21(11-13-28)25(30)26-22-7-6-20(2)24(18-22)36(33,34)29-16-14-27(3)15-17-29/h4-9,18,21H,10-17H2,1-3H3,(H,26,30). The highest BCUT2D eigenvalue weighted by atomic mass is 32.2. The average Bonchev–Trinajstić information content (AvgIpc) is 2.85. The number of piperazine rings is 1. The average molecular weight is 535 g/mol. The van der Waals surface area contributed by atoms with E-state index in [0.29, 0.717) is 50.3 Å². The Balaban J connectivity index is 1.41.